The summed E-state index contributed by atoms with van der Waals surface area (Å²) in [6.07, 6.45) is 1.01. The smallest absolute Gasteiger partial charge is 0.0406 e. The van der Waals surface area contributed by atoms with E-state index in [4.69, 9.17) is 11.6 Å². The van der Waals surface area contributed by atoms with E-state index in [0.29, 0.717) is 0 Å². The van der Waals surface area contributed by atoms with Gasteiger partial charge in [-0.1, -0.05) is 23.7 Å². The Morgan fingerprint density at radius 1 is 1.21 bits per heavy atom. The van der Waals surface area contributed by atoms with Crippen molar-refractivity contribution in [2.75, 3.05) is 7.05 Å². The first-order valence-corrected chi connectivity index (χ1v) is 4.85. The van der Waals surface area contributed by atoms with Gasteiger partial charge in [0, 0.05) is 10.6 Å². The summed E-state index contributed by atoms with van der Waals surface area (Å²) < 4.78 is 0. The van der Waals surface area contributed by atoms with Gasteiger partial charge in [-0.05, 0) is 45.0 Å². The van der Waals surface area contributed by atoms with Crippen molar-refractivity contribution in [2.45, 2.75) is 25.8 Å². The molecular weight excluding hydrogens is 217 g/mol. The van der Waals surface area contributed by atoms with Gasteiger partial charge in [-0.25, -0.2) is 0 Å². The fourth-order valence-corrected chi connectivity index (χ4v) is 1.33. The fraction of sp³-hybridized carbons (Fsp3) is 0.455. The van der Waals surface area contributed by atoms with Gasteiger partial charge in [0.15, 0.2) is 0 Å². The molecular formula is C11H17Cl2N. The minimum atomic E-state index is 0. The van der Waals surface area contributed by atoms with Gasteiger partial charge in [-0.2, -0.15) is 0 Å². The maximum absolute atomic E-state index is 5.80. The quantitative estimate of drug-likeness (QED) is 0.846. The summed E-state index contributed by atoms with van der Waals surface area (Å²) in [6.45, 7) is 4.36. The molecule has 14 heavy (non-hydrogen) atoms. The van der Waals surface area contributed by atoms with Gasteiger partial charge in [0.25, 0.3) is 0 Å². The lowest BCUT2D eigenvalue weighted by atomic mass is 9.95. The average molecular weight is 234 g/mol. The standard InChI is InChI=1S/C11H16ClN.ClH/c1-11(2,13-3)8-9-4-6-10(12)7-5-9;/h4-7,13H,8H2,1-3H3;1H. The van der Waals surface area contributed by atoms with Crippen LogP contribution in [0.4, 0.5) is 0 Å². The van der Waals surface area contributed by atoms with Gasteiger partial charge in [-0.15, -0.1) is 12.4 Å². The summed E-state index contributed by atoms with van der Waals surface area (Å²) in [5, 5.41) is 4.07. The van der Waals surface area contributed by atoms with Crippen LogP contribution in [0.15, 0.2) is 24.3 Å². The van der Waals surface area contributed by atoms with Gasteiger partial charge in [0.1, 0.15) is 0 Å². The lowest BCUT2D eigenvalue weighted by molar-refractivity contribution is 0.422. The summed E-state index contributed by atoms with van der Waals surface area (Å²) in [7, 11) is 1.98. The maximum Gasteiger partial charge on any atom is 0.0406 e. The largest absolute Gasteiger partial charge is 0.314 e. The van der Waals surface area contributed by atoms with Crippen molar-refractivity contribution in [3.8, 4) is 0 Å². The third-order valence-corrected chi connectivity index (χ3v) is 2.49. The van der Waals surface area contributed by atoms with E-state index in [1.54, 1.807) is 0 Å². The number of rotatable bonds is 3. The lowest BCUT2D eigenvalue weighted by Gasteiger charge is -2.23. The van der Waals surface area contributed by atoms with Gasteiger partial charge < -0.3 is 5.32 Å². The molecule has 1 aromatic rings. The first-order valence-electron chi connectivity index (χ1n) is 4.47. The number of halogens is 2. The van der Waals surface area contributed by atoms with Crippen molar-refractivity contribution in [3.63, 3.8) is 0 Å². The monoisotopic (exact) mass is 233 g/mol. The van der Waals surface area contributed by atoms with Crippen LogP contribution in [0.5, 0.6) is 0 Å². The zero-order valence-electron chi connectivity index (χ0n) is 8.80. The molecule has 1 aromatic carbocycles. The van der Waals surface area contributed by atoms with E-state index in [2.05, 4.69) is 31.3 Å². The second-order valence-corrected chi connectivity index (χ2v) is 4.37. The van der Waals surface area contributed by atoms with Crippen LogP contribution in [0, 0.1) is 0 Å². The molecule has 0 unspecified atom stereocenters. The van der Waals surface area contributed by atoms with Crippen LogP contribution in [-0.4, -0.2) is 12.6 Å². The second-order valence-electron chi connectivity index (χ2n) is 3.94. The molecule has 0 spiro atoms. The topological polar surface area (TPSA) is 12.0 Å². The Kier molecular flexibility index (Phi) is 5.50. The Balaban J connectivity index is 0.00000169. The Morgan fingerprint density at radius 2 is 1.71 bits per heavy atom. The van der Waals surface area contributed by atoms with Crippen LogP contribution in [0.2, 0.25) is 5.02 Å². The molecule has 1 nitrogen and oxygen atoms in total. The number of nitrogens with one attached hydrogen (secondary N) is 1. The molecule has 3 heteroatoms. The first-order chi connectivity index (χ1) is 6.03. The Labute approximate surface area is 97.3 Å². The van der Waals surface area contributed by atoms with E-state index in [-0.39, 0.29) is 17.9 Å². The second kappa shape index (κ2) is 5.59. The van der Waals surface area contributed by atoms with Crippen molar-refractivity contribution < 1.29 is 0 Å². The first kappa shape index (κ1) is 13.8. The highest BCUT2D eigenvalue weighted by Gasteiger charge is 2.14. The highest BCUT2D eigenvalue weighted by Crippen LogP contribution is 2.15. The van der Waals surface area contributed by atoms with Gasteiger partial charge in [-0.3, -0.25) is 0 Å². The maximum atomic E-state index is 5.80. The summed E-state index contributed by atoms with van der Waals surface area (Å²) in [4.78, 5) is 0. The van der Waals surface area contributed by atoms with Crippen LogP contribution in [0.25, 0.3) is 0 Å². The molecule has 0 bridgehead atoms. The molecule has 0 aromatic heterocycles. The molecule has 1 rings (SSSR count). The molecule has 0 radical (unpaired) electrons. The molecule has 0 heterocycles. The third-order valence-electron chi connectivity index (χ3n) is 2.24. The van der Waals surface area contributed by atoms with Crippen LogP contribution < -0.4 is 5.32 Å². The van der Waals surface area contributed by atoms with E-state index in [1.807, 2.05) is 19.2 Å². The molecule has 0 aliphatic rings. The van der Waals surface area contributed by atoms with Crippen LogP contribution in [0.1, 0.15) is 19.4 Å². The van der Waals surface area contributed by atoms with Crippen molar-refractivity contribution in [1.82, 2.24) is 5.32 Å². The van der Waals surface area contributed by atoms with Crippen molar-refractivity contribution in [1.29, 1.82) is 0 Å². The van der Waals surface area contributed by atoms with Gasteiger partial charge in [0.2, 0.25) is 0 Å². The lowest BCUT2D eigenvalue weighted by Crippen LogP contribution is -2.38. The molecule has 1 N–H and O–H groups in total. The molecule has 0 saturated heterocycles. The van der Waals surface area contributed by atoms with E-state index >= 15 is 0 Å². The minimum Gasteiger partial charge on any atom is -0.314 e. The highest BCUT2D eigenvalue weighted by molar-refractivity contribution is 6.30. The zero-order chi connectivity index (χ0) is 9.90. The Bertz CT molecular complexity index is 267. The normalized spacial score (nSPS) is 10.9. The number of hydrogen-bond acceptors (Lipinski definition) is 1. The SMILES string of the molecule is CNC(C)(C)Cc1ccc(Cl)cc1.Cl. The van der Waals surface area contributed by atoms with Gasteiger partial charge >= 0.3 is 0 Å². The summed E-state index contributed by atoms with van der Waals surface area (Å²) in [6, 6.07) is 8.01. The van der Waals surface area contributed by atoms with E-state index < -0.39 is 0 Å². The Morgan fingerprint density at radius 3 is 2.14 bits per heavy atom. The third kappa shape index (κ3) is 4.32. The fourth-order valence-electron chi connectivity index (χ4n) is 1.20. The van der Waals surface area contributed by atoms with Crippen molar-refractivity contribution in [3.05, 3.63) is 34.9 Å². The molecule has 80 valence electrons. The molecule has 0 amide bonds. The van der Waals surface area contributed by atoms with E-state index in [9.17, 15) is 0 Å². The van der Waals surface area contributed by atoms with Crippen molar-refractivity contribution in [2.24, 2.45) is 0 Å². The predicted molar refractivity (Wildman–Crippen MR) is 65.5 cm³/mol. The summed E-state index contributed by atoms with van der Waals surface area (Å²) in [5.74, 6) is 0. The molecule has 0 saturated carbocycles. The number of hydrogen-bond donors (Lipinski definition) is 1. The highest BCUT2D eigenvalue weighted by atomic mass is 35.5. The van der Waals surface area contributed by atoms with Crippen LogP contribution >= 0.6 is 24.0 Å². The summed E-state index contributed by atoms with van der Waals surface area (Å²) in [5.41, 5.74) is 1.46. The number of benzene rings is 1. The van der Waals surface area contributed by atoms with Crippen LogP contribution in [-0.2, 0) is 6.42 Å². The summed E-state index contributed by atoms with van der Waals surface area (Å²) >= 11 is 5.80. The van der Waals surface area contributed by atoms with Crippen LogP contribution in [0.3, 0.4) is 0 Å². The predicted octanol–water partition coefficient (Wildman–Crippen LogP) is 3.30. The molecule has 0 atom stereocenters. The molecule has 0 fully saturated rings. The van der Waals surface area contributed by atoms with E-state index in [1.165, 1.54) is 5.56 Å². The van der Waals surface area contributed by atoms with E-state index in [0.717, 1.165) is 11.4 Å². The molecule has 0 aliphatic carbocycles. The minimum absolute atomic E-state index is 0. The van der Waals surface area contributed by atoms with Crippen molar-refractivity contribution >= 4 is 24.0 Å². The zero-order valence-corrected chi connectivity index (χ0v) is 10.4. The molecule has 0 aliphatic heterocycles. The average Bonchev–Trinajstić information content (AvgIpc) is 2.09. The number of likely N-dealkylation sites (N-methyl/N-ethyl adjacent to an activating group) is 1. The van der Waals surface area contributed by atoms with Gasteiger partial charge in [0.05, 0.1) is 0 Å². The Hall–Kier alpha value is -0.240.